The van der Waals surface area contributed by atoms with Crippen molar-refractivity contribution in [1.29, 1.82) is 0 Å². The lowest BCUT2D eigenvalue weighted by Crippen LogP contribution is -2.25. The van der Waals surface area contributed by atoms with E-state index >= 15 is 0 Å². The smallest absolute Gasteiger partial charge is 0.162 e. The molecule has 0 amide bonds. The number of methoxy groups -OCH3 is 2. The molecule has 3 N–H and O–H groups in total. The summed E-state index contributed by atoms with van der Waals surface area (Å²) in [6, 6.07) is 4.11. The molecular formula is C12H20N2O2. The summed E-state index contributed by atoms with van der Waals surface area (Å²) in [7, 11) is 3.26. The molecule has 16 heavy (non-hydrogen) atoms. The van der Waals surface area contributed by atoms with Crippen LogP contribution < -0.4 is 20.5 Å². The van der Waals surface area contributed by atoms with Crippen LogP contribution in [0.1, 0.15) is 12.5 Å². The lowest BCUT2D eigenvalue weighted by Gasteiger charge is -2.17. The van der Waals surface area contributed by atoms with Crippen molar-refractivity contribution >= 4 is 5.69 Å². The Bertz CT molecular complexity index is 353. The standard InChI is InChI=1S/C12H20N2O2/c1-8-5-11(15-3)12(16-4)6-10(8)14-9(2)7-13/h5-6,9,14H,7,13H2,1-4H3. The number of hydrogen-bond acceptors (Lipinski definition) is 4. The van der Waals surface area contributed by atoms with E-state index in [0.717, 1.165) is 22.7 Å². The predicted octanol–water partition coefficient (Wildman–Crippen LogP) is 1.77. The molecule has 0 heterocycles. The summed E-state index contributed by atoms with van der Waals surface area (Å²) in [6.07, 6.45) is 0. The van der Waals surface area contributed by atoms with Gasteiger partial charge in [0.1, 0.15) is 0 Å². The summed E-state index contributed by atoms with van der Waals surface area (Å²) in [5.41, 5.74) is 7.71. The Balaban J connectivity index is 3.01. The van der Waals surface area contributed by atoms with Crippen molar-refractivity contribution in [2.24, 2.45) is 5.73 Å². The van der Waals surface area contributed by atoms with Crippen LogP contribution in [0.4, 0.5) is 5.69 Å². The zero-order chi connectivity index (χ0) is 12.1. The second kappa shape index (κ2) is 5.61. The first-order valence-corrected chi connectivity index (χ1v) is 5.31. The van der Waals surface area contributed by atoms with E-state index in [2.05, 4.69) is 5.32 Å². The first-order chi connectivity index (χ1) is 7.62. The van der Waals surface area contributed by atoms with E-state index in [9.17, 15) is 0 Å². The van der Waals surface area contributed by atoms with Crippen molar-refractivity contribution in [3.63, 3.8) is 0 Å². The SMILES string of the molecule is COc1cc(C)c(NC(C)CN)cc1OC. The molecule has 0 bridgehead atoms. The minimum absolute atomic E-state index is 0.233. The van der Waals surface area contributed by atoms with Crippen LogP contribution >= 0.6 is 0 Å². The molecule has 0 radical (unpaired) electrons. The Morgan fingerprint density at radius 2 is 1.81 bits per heavy atom. The zero-order valence-corrected chi connectivity index (χ0v) is 10.3. The van der Waals surface area contributed by atoms with E-state index in [1.165, 1.54) is 0 Å². The zero-order valence-electron chi connectivity index (χ0n) is 10.3. The fraction of sp³-hybridized carbons (Fsp3) is 0.500. The highest BCUT2D eigenvalue weighted by Crippen LogP contribution is 2.33. The first-order valence-electron chi connectivity index (χ1n) is 5.31. The fourth-order valence-electron chi connectivity index (χ4n) is 1.46. The van der Waals surface area contributed by atoms with Crippen molar-refractivity contribution in [3.8, 4) is 11.5 Å². The molecule has 4 heteroatoms. The Kier molecular flexibility index (Phi) is 4.43. The predicted molar refractivity (Wildman–Crippen MR) is 66.4 cm³/mol. The molecule has 0 aliphatic carbocycles. The number of hydrogen-bond donors (Lipinski definition) is 2. The molecule has 0 spiro atoms. The van der Waals surface area contributed by atoms with Gasteiger partial charge < -0.3 is 20.5 Å². The van der Waals surface area contributed by atoms with Crippen LogP contribution in [-0.4, -0.2) is 26.8 Å². The maximum absolute atomic E-state index is 5.58. The summed E-state index contributed by atoms with van der Waals surface area (Å²) >= 11 is 0. The minimum Gasteiger partial charge on any atom is -0.493 e. The molecule has 90 valence electrons. The molecule has 4 nitrogen and oxygen atoms in total. The summed E-state index contributed by atoms with van der Waals surface area (Å²) in [6.45, 7) is 4.65. The Morgan fingerprint density at radius 1 is 1.25 bits per heavy atom. The van der Waals surface area contributed by atoms with Gasteiger partial charge in [0.15, 0.2) is 11.5 Å². The van der Waals surface area contributed by atoms with Gasteiger partial charge in [0, 0.05) is 24.3 Å². The average Bonchev–Trinajstić information content (AvgIpc) is 2.30. The summed E-state index contributed by atoms with van der Waals surface area (Å²) < 4.78 is 10.5. The lowest BCUT2D eigenvalue weighted by molar-refractivity contribution is 0.355. The van der Waals surface area contributed by atoms with E-state index < -0.39 is 0 Å². The third-order valence-corrected chi connectivity index (χ3v) is 2.49. The minimum atomic E-state index is 0.233. The third kappa shape index (κ3) is 2.79. The topological polar surface area (TPSA) is 56.5 Å². The third-order valence-electron chi connectivity index (χ3n) is 2.49. The van der Waals surface area contributed by atoms with E-state index in [1.54, 1.807) is 14.2 Å². The van der Waals surface area contributed by atoms with Gasteiger partial charge in [0.2, 0.25) is 0 Å². The number of anilines is 1. The van der Waals surface area contributed by atoms with E-state index in [0.29, 0.717) is 6.54 Å². The summed E-state index contributed by atoms with van der Waals surface area (Å²) in [4.78, 5) is 0. The van der Waals surface area contributed by atoms with Gasteiger partial charge >= 0.3 is 0 Å². The number of rotatable bonds is 5. The van der Waals surface area contributed by atoms with Gasteiger partial charge in [-0.15, -0.1) is 0 Å². The quantitative estimate of drug-likeness (QED) is 0.800. The highest BCUT2D eigenvalue weighted by Gasteiger charge is 2.09. The molecule has 1 aromatic rings. The van der Waals surface area contributed by atoms with Crippen LogP contribution in [-0.2, 0) is 0 Å². The number of aryl methyl sites for hydroxylation is 1. The largest absolute Gasteiger partial charge is 0.493 e. The Morgan fingerprint density at radius 3 is 2.31 bits per heavy atom. The molecule has 1 atom stereocenters. The van der Waals surface area contributed by atoms with Crippen LogP contribution in [0.25, 0.3) is 0 Å². The van der Waals surface area contributed by atoms with E-state index in [1.807, 2.05) is 26.0 Å². The molecule has 0 aliphatic heterocycles. The second-order valence-electron chi connectivity index (χ2n) is 3.80. The fourth-order valence-corrected chi connectivity index (χ4v) is 1.46. The normalized spacial score (nSPS) is 12.1. The second-order valence-corrected chi connectivity index (χ2v) is 3.80. The summed E-state index contributed by atoms with van der Waals surface area (Å²) in [5.74, 6) is 1.46. The number of benzene rings is 1. The molecular weight excluding hydrogens is 204 g/mol. The highest BCUT2D eigenvalue weighted by atomic mass is 16.5. The van der Waals surface area contributed by atoms with Gasteiger partial charge in [-0.05, 0) is 25.5 Å². The number of nitrogens with two attached hydrogens (primary N) is 1. The van der Waals surface area contributed by atoms with Crippen LogP contribution in [0.15, 0.2) is 12.1 Å². The monoisotopic (exact) mass is 224 g/mol. The molecule has 0 aromatic heterocycles. The van der Waals surface area contributed by atoms with E-state index in [4.69, 9.17) is 15.2 Å². The lowest BCUT2D eigenvalue weighted by atomic mass is 10.1. The van der Waals surface area contributed by atoms with Crippen LogP contribution in [0.2, 0.25) is 0 Å². The summed E-state index contributed by atoms with van der Waals surface area (Å²) in [5, 5.41) is 3.33. The Hall–Kier alpha value is -1.42. The maximum Gasteiger partial charge on any atom is 0.162 e. The highest BCUT2D eigenvalue weighted by molar-refractivity contribution is 5.60. The number of ether oxygens (including phenoxy) is 2. The average molecular weight is 224 g/mol. The molecule has 1 rings (SSSR count). The van der Waals surface area contributed by atoms with Crippen molar-refractivity contribution in [3.05, 3.63) is 17.7 Å². The van der Waals surface area contributed by atoms with Crippen LogP contribution in [0.3, 0.4) is 0 Å². The van der Waals surface area contributed by atoms with Crippen molar-refractivity contribution in [2.45, 2.75) is 19.9 Å². The van der Waals surface area contributed by atoms with Gasteiger partial charge in [0.25, 0.3) is 0 Å². The van der Waals surface area contributed by atoms with Crippen molar-refractivity contribution < 1.29 is 9.47 Å². The molecule has 0 saturated carbocycles. The van der Waals surface area contributed by atoms with Crippen LogP contribution in [0, 0.1) is 6.92 Å². The van der Waals surface area contributed by atoms with Crippen LogP contribution in [0.5, 0.6) is 11.5 Å². The van der Waals surface area contributed by atoms with E-state index in [-0.39, 0.29) is 6.04 Å². The van der Waals surface area contributed by atoms with Gasteiger partial charge in [0.05, 0.1) is 14.2 Å². The van der Waals surface area contributed by atoms with Crippen molar-refractivity contribution in [1.82, 2.24) is 0 Å². The van der Waals surface area contributed by atoms with Gasteiger partial charge in [-0.25, -0.2) is 0 Å². The first kappa shape index (κ1) is 12.6. The molecule has 0 saturated heterocycles. The maximum atomic E-state index is 5.58. The molecule has 1 unspecified atom stereocenters. The van der Waals surface area contributed by atoms with Gasteiger partial charge in [-0.2, -0.15) is 0 Å². The Labute approximate surface area is 96.7 Å². The van der Waals surface area contributed by atoms with Gasteiger partial charge in [-0.1, -0.05) is 0 Å². The molecule has 1 aromatic carbocycles. The molecule has 0 aliphatic rings. The van der Waals surface area contributed by atoms with Gasteiger partial charge in [-0.3, -0.25) is 0 Å². The van der Waals surface area contributed by atoms with Crippen molar-refractivity contribution in [2.75, 3.05) is 26.1 Å². The number of nitrogens with one attached hydrogen (secondary N) is 1. The molecule has 0 fully saturated rings.